The van der Waals surface area contributed by atoms with Crippen LogP contribution in [0.4, 0.5) is 31.1 Å². The average molecular weight is 486 g/mol. The van der Waals surface area contributed by atoms with E-state index >= 15 is 0 Å². The van der Waals surface area contributed by atoms with Crippen molar-refractivity contribution in [2.24, 2.45) is 0 Å². The van der Waals surface area contributed by atoms with E-state index in [2.05, 4.69) is 10.6 Å². The van der Waals surface area contributed by atoms with Crippen molar-refractivity contribution in [2.45, 2.75) is 49.2 Å². The molecule has 182 valence electrons. The summed E-state index contributed by atoms with van der Waals surface area (Å²) >= 11 is 0. The molecule has 1 saturated carbocycles. The Labute approximate surface area is 190 Å². The molecule has 1 aliphatic heterocycles. The van der Waals surface area contributed by atoms with E-state index in [4.69, 9.17) is 4.74 Å². The Morgan fingerprint density at radius 2 is 1.50 bits per heavy atom. The number of imide groups is 1. The fourth-order valence-corrected chi connectivity index (χ4v) is 4.66. The lowest BCUT2D eigenvalue weighted by Gasteiger charge is -2.53. The number of ether oxygens (including phenoxy) is 1. The van der Waals surface area contributed by atoms with E-state index in [-0.39, 0.29) is 31.1 Å². The van der Waals surface area contributed by atoms with Crippen LogP contribution < -0.4 is 10.6 Å². The Morgan fingerprint density at radius 3 is 1.97 bits per heavy atom. The van der Waals surface area contributed by atoms with Crippen molar-refractivity contribution in [1.29, 1.82) is 0 Å². The van der Waals surface area contributed by atoms with Crippen molar-refractivity contribution in [3.63, 3.8) is 0 Å². The summed E-state index contributed by atoms with van der Waals surface area (Å²) in [5, 5.41) is 4.79. The quantitative estimate of drug-likeness (QED) is 0.456. The lowest BCUT2D eigenvalue weighted by molar-refractivity contribution is -0.143. The molecule has 5 nitrogen and oxygen atoms in total. The highest BCUT2D eigenvalue weighted by molar-refractivity contribution is 6.08. The second-order valence-electron chi connectivity index (χ2n) is 8.78. The van der Waals surface area contributed by atoms with Crippen LogP contribution in [0.15, 0.2) is 48.5 Å². The van der Waals surface area contributed by atoms with Crippen LogP contribution >= 0.6 is 0 Å². The largest absolute Gasteiger partial charge is 0.416 e. The van der Waals surface area contributed by atoms with E-state index in [0.29, 0.717) is 12.1 Å². The van der Waals surface area contributed by atoms with Crippen LogP contribution in [-0.4, -0.2) is 24.1 Å². The number of alkyl halides is 6. The highest BCUT2D eigenvalue weighted by Crippen LogP contribution is 2.52. The number of nitrogens with one attached hydrogen (secondary N) is 2. The number of benzene rings is 2. The van der Waals surface area contributed by atoms with E-state index in [1.165, 1.54) is 6.92 Å². The minimum atomic E-state index is -4.96. The van der Waals surface area contributed by atoms with Gasteiger partial charge in [-0.2, -0.15) is 26.3 Å². The summed E-state index contributed by atoms with van der Waals surface area (Å²) in [5.41, 5.74) is -4.22. The lowest BCUT2D eigenvalue weighted by Crippen LogP contribution is -2.65. The number of carbonyl (C=O) groups excluding carboxylic acids is 2. The molecule has 1 aliphatic carbocycles. The van der Waals surface area contributed by atoms with Crippen molar-refractivity contribution in [1.82, 2.24) is 10.6 Å². The molecule has 1 heterocycles. The van der Waals surface area contributed by atoms with Crippen molar-refractivity contribution >= 4 is 11.9 Å². The van der Waals surface area contributed by atoms with Gasteiger partial charge in [0.15, 0.2) is 0 Å². The molecular formula is C23H20F6N2O3. The number of carbonyl (C=O) groups is 2. The molecule has 2 aliphatic rings. The summed E-state index contributed by atoms with van der Waals surface area (Å²) in [6.07, 6.45) is -10.7. The third-order valence-electron chi connectivity index (χ3n) is 6.37. The van der Waals surface area contributed by atoms with E-state index in [1.54, 1.807) is 30.3 Å². The maximum Gasteiger partial charge on any atom is 0.416 e. The molecule has 3 amide bonds. The van der Waals surface area contributed by atoms with Gasteiger partial charge in [-0.1, -0.05) is 30.3 Å². The molecule has 34 heavy (non-hydrogen) atoms. The molecule has 2 aromatic carbocycles. The molecule has 2 N–H and O–H groups in total. The molecular weight excluding hydrogens is 466 g/mol. The molecule has 2 aromatic rings. The zero-order valence-corrected chi connectivity index (χ0v) is 17.8. The van der Waals surface area contributed by atoms with E-state index in [9.17, 15) is 35.9 Å². The molecule has 4 rings (SSSR count). The van der Waals surface area contributed by atoms with Gasteiger partial charge in [0.25, 0.3) is 5.91 Å². The van der Waals surface area contributed by atoms with Gasteiger partial charge >= 0.3 is 18.4 Å². The minimum Gasteiger partial charge on any atom is -0.373 e. The molecule has 0 aromatic heterocycles. The SMILES string of the molecule is C[C@@H](OC[C@]1(c2ccccc2)C[C@@]2(C1)NC(=O)NC2=O)c1cc(C(F)(F)F)cc(C(F)(F)F)c1. The van der Waals surface area contributed by atoms with Gasteiger partial charge in [0.2, 0.25) is 0 Å². The third kappa shape index (κ3) is 4.36. The van der Waals surface area contributed by atoms with Crippen LogP contribution in [0.1, 0.15) is 48.1 Å². The summed E-state index contributed by atoms with van der Waals surface area (Å²) in [5.74, 6) is -0.482. The first kappa shape index (κ1) is 24.1. The number of rotatable bonds is 5. The molecule has 0 radical (unpaired) electrons. The van der Waals surface area contributed by atoms with Crippen molar-refractivity contribution in [3.05, 3.63) is 70.8 Å². The second-order valence-corrected chi connectivity index (χ2v) is 8.78. The van der Waals surface area contributed by atoms with Crippen molar-refractivity contribution in [2.75, 3.05) is 6.61 Å². The number of urea groups is 1. The summed E-state index contributed by atoms with van der Waals surface area (Å²) in [6.45, 7) is 1.29. The fourth-order valence-electron chi connectivity index (χ4n) is 4.66. The Bertz CT molecular complexity index is 1080. The van der Waals surface area contributed by atoms with Crippen LogP contribution in [0.3, 0.4) is 0 Å². The molecule has 0 unspecified atom stereocenters. The number of amides is 3. The van der Waals surface area contributed by atoms with Crippen molar-refractivity contribution < 1.29 is 40.7 Å². The topological polar surface area (TPSA) is 67.4 Å². The van der Waals surface area contributed by atoms with Crippen LogP contribution in [0, 0.1) is 0 Å². The summed E-state index contributed by atoms with van der Waals surface area (Å²) in [6, 6.07) is 9.62. The first-order valence-electron chi connectivity index (χ1n) is 10.3. The van der Waals surface area contributed by atoms with E-state index < -0.39 is 52.5 Å². The maximum absolute atomic E-state index is 13.2. The first-order valence-corrected chi connectivity index (χ1v) is 10.3. The zero-order valence-electron chi connectivity index (χ0n) is 17.8. The normalized spacial score (nSPS) is 25.6. The number of hydrogen-bond donors (Lipinski definition) is 2. The van der Waals surface area contributed by atoms with Gasteiger partial charge in [0.05, 0.1) is 23.8 Å². The highest BCUT2D eigenvalue weighted by atomic mass is 19.4. The van der Waals surface area contributed by atoms with Gasteiger partial charge in [-0.05, 0) is 49.1 Å². The molecule has 1 spiro atoms. The third-order valence-corrected chi connectivity index (χ3v) is 6.37. The molecule has 1 saturated heterocycles. The van der Waals surface area contributed by atoms with Gasteiger partial charge in [-0.15, -0.1) is 0 Å². The summed E-state index contributed by atoms with van der Waals surface area (Å²) in [7, 11) is 0. The minimum absolute atomic E-state index is 0.0682. The number of halogens is 6. The summed E-state index contributed by atoms with van der Waals surface area (Å²) in [4.78, 5) is 23.9. The maximum atomic E-state index is 13.2. The first-order chi connectivity index (χ1) is 15.7. The molecule has 1 atom stereocenters. The second kappa shape index (κ2) is 8.00. The smallest absolute Gasteiger partial charge is 0.373 e. The lowest BCUT2D eigenvalue weighted by atomic mass is 9.54. The summed E-state index contributed by atoms with van der Waals surface area (Å²) < 4.78 is 85.1. The van der Waals surface area contributed by atoms with Crippen molar-refractivity contribution in [3.8, 4) is 0 Å². The molecule has 0 bridgehead atoms. The Balaban J connectivity index is 1.60. The standard InChI is InChI=1S/C23H20F6N2O3/c1-13(14-7-16(22(24,25)26)9-17(8-14)23(27,28)29)34-12-20(15-5-3-2-4-6-15)10-21(11-20)18(32)30-19(33)31-21/h2-9,13H,10-12H2,1H3,(H2,30,31,32,33)/t13-,20-,21-/m1/s1. The van der Waals surface area contributed by atoms with Gasteiger partial charge in [-0.25, -0.2) is 4.79 Å². The highest BCUT2D eigenvalue weighted by Gasteiger charge is 2.63. The molecule has 11 heteroatoms. The van der Waals surface area contributed by atoms with Crippen LogP contribution in [0.2, 0.25) is 0 Å². The average Bonchev–Trinajstić information content (AvgIpc) is 3.03. The Hall–Kier alpha value is -3.08. The predicted molar refractivity (Wildman–Crippen MR) is 108 cm³/mol. The fraction of sp³-hybridized carbons (Fsp3) is 0.391. The van der Waals surface area contributed by atoms with Gasteiger partial charge in [0, 0.05) is 5.41 Å². The van der Waals surface area contributed by atoms with Gasteiger partial charge in [0.1, 0.15) is 5.54 Å². The Morgan fingerprint density at radius 1 is 0.941 bits per heavy atom. The van der Waals surface area contributed by atoms with E-state index in [0.717, 1.165) is 5.56 Å². The monoisotopic (exact) mass is 486 g/mol. The predicted octanol–water partition coefficient (Wildman–Crippen LogP) is 5.11. The van der Waals surface area contributed by atoms with E-state index in [1.807, 2.05) is 0 Å². The Kier molecular flexibility index (Phi) is 5.66. The van der Waals surface area contributed by atoms with Crippen LogP contribution in [0.25, 0.3) is 0 Å². The van der Waals surface area contributed by atoms with Gasteiger partial charge < -0.3 is 10.1 Å². The van der Waals surface area contributed by atoms with Crippen LogP contribution in [0.5, 0.6) is 0 Å². The van der Waals surface area contributed by atoms with Crippen LogP contribution in [-0.2, 0) is 27.3 Å². The van der Waals surface area contributed by atoms with Gasteiger partial charge in [-0.3, -0.25) is 10.1 Å². The molecule has 2 fully saturated rings. The zero-order chi connectivity index (χ0) is 24.9. The number of hydrogen-bond acceptors (Lipinski definition) is 3.